The van der Waals surface area contributed by atoms with Gasteiger partial charge in [0.2, 0.25) is 0 Å². The van der Waals surface area contributed by atoms with E-state index in [1.807, 2.05) is 37.3 Å². The van der Waals surface area contributed by atoms with Crippen molar-refractivity contribution in [3.8, 4) is 17.3 Å². The summed E-state index contributed by atoms with van der Waals surface area (Å²) < 4.78 is 5.82. The second kappa shape index (κ2) is 6.39. The van der Waals surface area contributed by atoms with Crippen molar-refractivity contribution in [3.05, 3.63) is 59.5 Å². The third kappa shape index (κ3) is 3.26. The lowest BCUT2D eigenvalue weighted by Gasteiger charge is -2.06. The zero-order valence-corrected chi connectivity index (χ0v) is 13.0. The average molecular weight is 310 g/mol. The fourth-order valence-corrected chi connectivity index (χ4v) is 2.26. The van der Waals surface area contributed by atoms with Crippen molar-refractivity contribution in [1.82, 2.24) is 20.3 Å². The van der Waals surface area contributed by atoms with Crippen LogP contribution in [0.15, 0.2) is 42.6 Å². The maximum absolute atomic E-state index is 12.0. The number of aromatic amines is 2. The molecule has 2 aromatic heterocycles. The molecule has 0 atom stereocenters. The van der Waals surface area contributed by atoms with Crippen molar-refractivity contribution in [2.75, 3.05) is 7.05 Å². The maximum atomic E-state index is 12.0. The molecule has 23 heavy (non-hydrogen) atoms. The highest BCUT2D eigenvalue weighted by Gasteiger charge is 2.18. The topological polar surface area (TPSA) is 82.8 Å². The molecule has 0 aliphatic rings. The number of nitrogens with one attached hydrogen (secondary N) is 3. The molecular weight excluding hydrogens is 292 g/mol. The summed E-state index contributed by atoms with van der Waals surface area (Å²) in [5.74, 6) is 0.932. The zero-order chi connectivity index (χ0) is 16.2. The number of hydrogen-bond acceptors (Lipinski definition) is 3. The van der Waals surface area contributed by atoms with Gasteiger partial charge in [-0.2, -0.15) is 0 Å². The summed E-state index contributed by atoms with van der Waals surface area (Å²) in [5.41, 5.74) is 3.07. The minimum atomic E-state index is -0.234. The minimum Gasteiger partial charge on any atom is -0.486 e. The number of H-pyrrole nitrogens is 2. The van der Waals surface area contributed by atoms with Crippen molar-refractivity contribution in [2.45, 2.75) is 13.5 Å². The molecule has 0 radical (unpaired) electrons. The van der Waals surface area contributed by atoms with E-state index < -0.39 is 0 Å². The molecule has 6 heteroatoms. The van der Waals surface area contributed by atoms with Gasteiger partial charge < -0.3 is 20.0 Å². The van der Waals surface area contributed by atoms with Crippen molar-refractivity contribution in [1.29, 1.82) is 0 Å². The van der Waals surface area contributed by atoms with Crippen LogP contribution in [0.2, 0.25) is 0 Å². The Kier molecular flexibility index (Phi) is 4.14. The summed E-state index contributed by atoms with van der Waals surface area (Å²) in [6, 6.07) is 11.6. The molecule has 6 nitrogen and oxygen atoms in total. The van der Waals surface area contributed by atoms with Gasteiger partial charge in [-0.1, -0.05) is 30.3 Å². The second-order valence-corrected chi connectivity index (χ2v) is 5.19. The van der Waals surface area contributed by atoms with Gasteiger partial charge in [0.25, 0.3) is 5.91 Å². The molecule has 0 saturated carbocycles. The highest BCUT2D eigenvalue weighted by Crippen LogP contribution is 2.26. The van der Waals surface area contributed by atoms with E-state index in [2.05, 4.69) is 20.3 Å². The molecule has 3 aromatic rings. The van der Waals surface area contributed by atoms with Gasteiger partial charge in [-0.25, -0.2) is 4.98 Å². The van der Waals surface area contributed by atoms with Crippen LogP contribution in [0.5, 0.6) is 5.75 Å². The van der Waals surface area contributed by atoms with Crippen LogP contribution in [-0.4, -0.2) is 27.9 Å². The van der Waals surface area contributed by atoms with E-state index in [0.717, 1.165) is 11.3 Å². The fourth-order valence-electron chi connectivity index (χ4n) is 2.26. The van der Waals surface area contributed by atoms with Crippen LogP contribution in [0.4, 0.5) is 0 Å². The number of aromatic nitrogens is 3. The highest BCUT2D eigenvalue weighted by molar-refractivity contribution is 5.96. The summed E-state index contributed by atoms with van der Waals surface area (Å²) in [4.78, 5) is 22.5. The first-order valence-electron chi connectivity index (χ1n) is 7.31. The van der Waals surface area contributed by atoms with E-state index >= 15 is 0 Å². The lowest BCUT2D eigenvalue weighted by molar-refractivity contribution is 0.0954. The molecule has 2 heterocycles. The second-order valence-electron chi connectivity index (χ2n) is 5.19. The Morgan fingerprint density at radius 3 is 2.70 bits per heavy atom. The van der Waals surface area contributed by atoms with Crippen molar-refractivity contribution in [3.63, 3.8) is 0 Å². The molecule has 0 aliphatic heterocycles. The number of imidazole rings is 1. The monoisotopic (exact) mass is 310 g/mol. The molecule has 0 fully saturated rings. The smallest absolute Gasteiger partial charge is 0.271 e. The molecule has 0 spiro atoms. The minimum absolute atomic E-state index is 0.234. The summed E-state index contributed by atoms with van der Waals surface area (Å²) in [6.45, 7) is 2.31. The molecule has 3 N–H and O–H groups in total. The van der Waals surface area contributed by atoms with Gasteiger partial charge in [0.1, 0.15) is 12.3 Å². The van der Waals surface area contributed by atoms with Crippen LogP contribution in [0.25, 0.3) is 11.5 Å². The Morgan fingerprint density at radius 1 is 1.26 bits per heavy atom. The first kappa shape index (κ1) is 14.9. The lowest BCUT2D eigenvalue weighted by atomic mass is 10.2. The number of carbonyl (C=O) groups excluding carboxylic acids is 1. The first-order chi connectivity index (χ1) is 11.2. The van der Waals surface area contributed by atoms with Gasteiger partial charge in [-0.05, 0) is 12.5 Å². The average Bonchev–Trinajstić information content (AvgIpc) is 3.19. The fraction of sp³-hybridized carbons (Fsp3) is 0.176. The van der Waals surface area contributed by atoms with Gasteiger partial charge in [0.15, 0.2) is 11.6 Å². The van der Waals surface area contributed by atoms with Gasteiger partial charge in [-0.3, -0.25) is 4.79 Å². The number of amides is 1. The molecule has 0 aliphatic carbocycles. The van der Waals surface area contributed by atoms with Crippen LogP contribution in [0.1, 0.15) is 21.7 Å². The Bertz CT molecular complexity index is 805. The first-order valence-corrected chi connectivity index (χ1v) is 7.31. The summed E-state index contributed by atoms with van der Waals surface area (Å²) in [7, 11) is 1.58. The number of aryl methyl sites for hydroxylation is 1. The molecule has 118 valence electrons. The molecule has 0 unspecified atom stereocenters. The number of carbonyl (C=O) groups is 1. The van der Waals surface area contributed by atoms with E-state index in [-0.39, 0.29) is 5.91 Å². The predicted molar refractivity (Wildman–Crippen MR) is 87.3 cm³/mol. The van der Waals surface area contributed by atoms with E-state index in [9.17, 15) is 4.79 Å². The quantitative estimate of drug-likeness (QED) is 0.677. The number of nitrogens with zero attached hydrogens (tertiary/aromatic N) is 1. The van der Waals surface area contributed by atoms with Crippen molar-refractivity contribution < 1.29 is 9.53 Å². The third-order valence-electron chi connectivity index (χ3n) is 3.43. The molecule has 0 bridgehead atoms. The molecule has 1 amide bonds. The molecule has 0 saturated heterocycles. The Labute approximate surface area is 133 Å². The van der Waals surface area contributed by atoms with Gasteiger partial charge >= 0.3 is 0 Å². The Morgan fingerprint density at radius 2 is 2.04 bits per heavy atom. The lowest BCUT2D eigenvalue weighted by Crippen LogP contribution is -2.19. The predicted octanol–water partition coefficient (Wildman–Crippen LogP) is 2.65. The van der Waals surface area contributed by atoms with Crippen molar-refractivity contribution in [2.24, 2.45) is 0 Å². The number of hydrogen-bond donors (Lipinski definition) is 3. The van der Waals surface area contributed by atoms with Crippen LogP contribution >= 0.6 is 0 Å². The van der Waals surface area contributed by atoms with E-state index in [1.165, 1.54) is 0 Å². The summed E-state index contributed by atoms with van der Waals surface area (Å²) in [6.07, 6.45) is 1.74. The van der Waals surface area contributed by atoms with Crippen LogP contribution in [0, 0.1) is 6.92 Å². The Hall–Kier alpha value is -3.02. The summed E-state index contributed by atoms with van der Waals surface area (Å²) >= 11 is 0. The molecule has 1 aromatic carbocycles. The SMILES string of the molecule is CNC(=O)c1[nH]c(-c2ncc(C)[nH]2)cc1OCc1ccccc1. The normalized spacial score (nSPS) is 10.5. The van der Waals surface area contributed by atoms with Crippen molar-refractivity contribution >= 4 is 5.91 Å². The standard InChI is InChI=1S/C17H18N4O2/c1-11-9-19-16(20-11)13-8-14(15(21-13)17(22)18-2)23-10-12-6-4-3-5-7-12/h3-9,21H,10H2,1-2H3,(H,18,22)(H,19,20). The maximum Gasteiger partial charge on any atom is 0.271 e. The zero-order valence-electron chi connectivity index (χ0n) is 13.0. The molecule has 3 rings (SSSR count). The Balaban J connectivity index is 1.88. The van der Waals surface area contributed by atoms with Crippen LogP contribution < -0.4 is 10.1 Å². The van der Waals surface area contributed by atoms with E-state index in [4.69, 9.17) is 4.74 Å². The summed E-state index contributed by atoms with van der Waals surface area (Å²) in [5, 5.41) is 2.61. The largest absolute Gasteiger partial charge is 0.486 e. The van der Waals surface area contributed by atoms with Gasteiger partial charge in [0.05, 0.1) is 5.69 Å². The highest BCUT2D eigenvalue weighted by atomic mass is 16.5. The number of benzene rings is 1. The van der Waals surface area contributed by atoms with E-state index in [1.54, 1.807) is 19.3 Å². The number of ether oxygens (including phenoxy) is 1. The molecular formula is C17H18N4O2. The van der Waals surface area contributed by atoms with E-state index in [0.29, 0.717) is 29.6 Å². The number of rotatable bonds is 5. The van der Waals surface area contributed by atoms with Crippen LogP contribution in [-0.2, 0) is 6.61 Å². The van der Waals surface area contributed by atoms with Gasteiger partial charge in [-0.15, -0.1) is 0 Å². The van der Waals surface area contributed by atoms with Gasteiger partial charge in [0, 0.05) is 25.0 Å². The third-order valence-corrected chi connectivity index (χ3v) is 3.43. The van der Waals surface area contributed by atoms with Crippen LogP contribution in [0.3, 0.4) is 0 Å².